The number of anilines is 1. The first-order valence-corrected chi connectivity index (χ1v) is 11.9. The quantitative estimate of drug-likeness (QED) is 0.422. The number of carbonyl (C=O) groups is 1. The number of halogens is 1. The Kier molecular flexibility index (Phi) is 5.18. The van der Waals surface area contributed by atoms with Crippen LogP contribution >= 0.6 is 11.6 Å². The van der Waals surface area contributed by atoms with E-state index in [2.05, 4.69) is 14.9 Å². The van der Waals surface area contributed by atoms with Crippen LogP contribution in [0.1, 0.15) is 22.3 Å². The first-order chi connectivity index (χ1) is 16.6. The Morgan fingerprint density at radius 3 is 2.79 bits per heavy atom. The molecule has 0 spiro atoms. The number of piperidine rings is 1. The number of benzene rings is 2. The largest absolute Gasteiger partial charge is 0.350 e. The predicted molar refractivity (Wildman–Crippen MR) is 134 cm³/mol. The van der Waals surface area contributed by atoms with Crippen molar-refractivity contribution in [2.45, 2.75) is 19.4 Å². The molecule has 0 aliphatic carbocycles. The third-order valence-electron chi connectivity index (χ3n) is 6.97. The average Bonchev–Trinajstić information content (AvgIpc) is 2.85. The van der Waals surface area contributed by atoms with Crippen LogP contribution in [-0.4, -0.2) is 51.4 Å². The molecule has 0 N–H and O–H groups in total. The maximum absolute atomic E-state index is 13.7. The van der Waals surface area contributed by atoms with E-state index in [0.717, 1.165) is 53.2 Å². The minimum atomic E-state index is 0.0638. The summed E-state index contributed by atoms with van der Waals surface area (Å²) in [6, 6.07) is 17.6. The zero-order valence-electron chi connectivity index (χ0n) is 18.9. The van der Waals surface area contributed by atoms with Gasteiger partial charge in [-0.15, -0.1) is 0 Å². The molecule has 0 bridgehead atoms. The van der Waals surface area contributed by atoms with E-state index in [1.165, 1.54) is 0 Å². The normalized spacial score (nSPS) is 19.6. The average molecular weight is 470 g/mol. The molecular formula is C27H24ClN5O. The number of hydrogen-bond donors (Lipinski definition) is 0. The second kappa shape index (κ2) is 8.37. The van der Waals surface area contributed by atoms with Crippen molar-refractivity contribution in [1.29, 1.82) is 0 Å². The Labute approximate surface area is 203 Å². The van der Waals surface area contributed by atoms with Crippen LogP contribution in [0.4, 0.5) is 5.82 Å². The van der Waals surface area contributed by atoms with E-state index in [0.29, 0.717) is 23.0 Å². The summed E-state index contributed by atoms with van der Waals surface area (Å²) in [6.07, 6.45) is 4.57. The second-order valence-electron chi connectivity index (χ2n) is 9.14. The highest BCUT2D eigenvalue weighted by molar-refractivity contribution is 6.31. The molecule has 4 aromatic rings. The molecule has 2 aliphatic heterocycles. The van der Waals surface area contributed by atoms with E-state index in [-0.39, 0.29) is 11.9 Å². The maximum Gasteiger partial charge on any atom is 0.254 e. The SMILES string of the molecule is Cc1ccc(-c2ccccn2)c(C(=O)N2CC[C@H]3CN(c4cnc5cc(Cl)ccc5n4)[C@H]3C2)c1. The molecule has 1 amide bonds. The molecule has 170 valence electrons. The summed E-state index contributed by atoms with van der Waals surface area (Å²) in [7, 11) is 0. The van der Waals surface area contributed by atoms with Crippen molar-refractivity contribution in [2.24, 2.45) is 5.92 Å². The van der Waals surface area contributed by atoms with Crippen LogP contribution < -0.4 is 4.90 Å². The molecular weight excluding hydrogens is 446 g/mol. The zero-order valence-corrected chi connectivity index (χ0v) is 19.6. The maximum atomic E-state index is 13.7. The Morgan fingerprint density at radius 2 is 1.94 bits per heavy atom. The molecule has 0 radical (unpaired) electrons. The van der Waals surface area contributed by atoms with Crippen molar-refractivity contribution in [3.63, 3.8) is 0 Å². The number of aryl methyl sites for hydroxylation is 1. The van der Waals surface area contributed by atoms with E-state index in [1.807, 2.05) is 72.6 Å². The molecule has 2 atom stereocenters. The number of nitrogens with zero attached hydrogens (tertiary/aromatic N) is 5. The summed E-state index contributed by atoms with van der Waals surface area (Å²) in [4.78, 5) is 31.8. The van der Waals surface area contributed by atoms with Crippen molar-refractivity contribution >= 4 is 34.4 Å². The molecule has 6 rings (SSSR count). The van der Waals surface area contributed by atoms with Gasteiger partial charge in [0.15, 0.2) is 0 Å². The molecule has 2 saturated heterocycles. The lowest BCUT2D eigenvalue weighted by atomic mass is 9.82. The van der Waals surface area contributed by atoms with Gasteiger partial charge in [-0.3, -0.25) is 14.8 Å². The standard InChI is InChI=1S/C27H24ClN5O/c1-17-5-7-20(22-4-2-3-10-29-22)21(12-17)27(34)32-11-9-18-15-33(25(18)16-32)26-14-30-24-13-19(28)6-8-23(24)31-26/h2-8,10,12-14,18,25H,9,11,15-16H2,1H3/t18-,25-/m0/s1. The minimum Gasteiger partial charge on any atom is -0.350 e. The number of carbonyl (C=O) groups excluding carboxylic acids is 1. The summed E-state index contributed by atoms with van der Waals surface area (Å²) in [6.45, 7) is 4.42. The van der Waals surface area contributed by atoms with Crippen LogP contribution in [0.5, 0.6) is 0 Å². The monoisotopic (exact) mass is 469 g/mol. The molecule has 2 fully saturated rings. The Hall–Kier alpha value is -3.51. The van der Waals surface area contributed by atoms with Gasteiger partial charge in [-0.05, 0) is 49.7 Å². The molecule has 6 nitrogen and oxygen atoms in total. The fourth-order valence-electron chi connectivity index (χ4n) is 5.11. The van der Waals surface area contributed by atoms with Crippen LogP contribution in [0.2, 0.25) is 5.02 Å². The Bertz CT molecular complexity index is 1390. The summed E-state index contributed by atoms with van der Waals surface area (Å²) >= 11 is 6.09. The molecule has 2 aromatic heterocycles. The fraction of sp³-hybridized carbons (Fsp3) is 0.259. The highest BCUT2D eigenvalue weighted by Crippen LogP contribution is 2.37. The number of hydrogen-bond acceptors (Lipinski definition) is 5. The molecule has 7 heteroatoms. The van der Waals surface area contributed by atoms with Crippen molar-refractivity contribution < 1.29 is 4.79 Å². The van der Waals surface area contributed by atoms with Crippen molar-refractivity contribution in [3.05, 3.63) is 83.1 Å². The molecule has 4 heterocycles. The van der Waals surface area contributed by atoms with Gasteiger partial charge in [-0.1, -0.05) is 35.4 Å². The van der Waals surface area contributed by atoms with Gasteiger partial charge in [0.05, 0.1) is 29.0 Å². The number of rotatable bonds is 3. The topological polar surface area (TPSA) is 62.2 Å². The highest BCUT2D eigenvalue weighted by atomic mass is 35.5. The van der Waals surface area contributed by atoms with E-state index >= 15 is 0 Å². The van der Waals surface area contributed by atoms with Gasteiger partial charge in [-0.25, -0.2) is 4.98 Å². The van der Waals surface area contributed by atoms with Crippen molar-refractivity contribution in [2.75, 3.05) is 24.5 Å². The predicted octanol–water partition coefficient (Wildman–Crippen LogP) is 5.00. The molecule has 2 aliphatic rings. The summed E-state index contributed by atoms with van der Waals surface area (Å²) in [5, 5.41) is 0.654. The minimum absolute atomic E-state index is 0.0638. The number of pyridine rings is 1. The Balaban J connectivity index is 1.26. The fourth-order valence-corrected chi connectivity index (χ4v) is 5.27. The number of likely N-dealkylation sites (tertiary alicyclic amines) is 1. The van der Waals surface area contributed by atoms with Crippen molar-refractivity contribution in [3.8, 4) is 11.3 Å². The van der Waals surface area contributed by atoms with Crippen molar-refractivity contribution in [1.82, 2.24) is 19.9 Å². The Morgan fingerprint density at radius 1 is 1.03 bits per heavy atom. The smallest absolute Gasteiger partial charge is 0.254 e. The first-order valence-electron chi connectivity index (χ1n) is 11.6. The number of fused-ring (bicyclic) bond motifs is 2. The lowest BCUT2D eigenvalue weighted by Gasteiger charge is -2.54. The highest BCUT2D eigenvalue weighted by Gasteiger charge is 2.44. The van der Waals surface area contributed by atoms with Gasteiger partial charge < -0.3 is 9.80 Å². The molecule has 2 aromatic carbocycles. The van der Waals surface area contributed by atoms with Gasteiger partial charge in [0.1, 0.15) is 5.82 Å². The van der Waals surface area contributed by atoms with Gasteiger partial charge in [0.25, 0.3) is 5.91 Å². The van der Waals surface area contributed by atoms with Gasteiger partial charge in [0, 0.05) is 47.9 Å². The molecule has 0 saturated carbocycles. The summed E-state index contributed by atoms with van der Waals surface area (Å²) in [5.74, 6) is 1.49. The van der Waals surface area contributed by atoms with Gasteiger partial charge >= 0.3 is 0 Å². The first kappa shape index (κ1) is 21.1. The lowest BCUT2D eigenvalue weighted by molar-refractivity contribution is 0.0592. The van der Waals surface area contributed by atoms with Crippen LogP contribution in [0.3, 0.4) is 0 Å². The number of amides is 1. The summed E-state index contributed by atoms with van der Waals surface area (Å²) in [5.41, 5.74) is 5.09. The molecule has 34 heavy (non-hydrogen) atoms. The van der Waals surface area contributed by atoms with E-state index < -0.39 is 0 Å². The molecule has 0 unspecified atom stereocenters. The third-order valence-corrected chi connectivity index (χ3v) is 7.21. The number of aromatic nitrogens is 3. The van der Waals surface area contributed by atoms with E-state index in [9.17, 15) is 4.79 Å². The second-order valence-corrected chi connectivity index (χ2v) is 9.58. The van der Waals surface area contributed by atoms with E-state index in [4.69, 9.17) is 16.6 Å². The van der Waals surface area contributed by atoms with Gasteiger partial charge in [-0.2, -0.15) is 0 Å². The zero-order chi connectivity index (χ0) is 23.2. The summed E-state index contributed by atoms with van der Waals surface area (Å²) < 4.78 is 0. The van der Waals surface area contributed by atoms with Crippen LogP contribution in [0.25, 0.3) is 22.3 Å². The third kappa shape index (κ3) is 3.68. The van der Waals surface area contributed by atoms with E-state index in [1.54, 1.807) is 6.20 Å². The van der Waals surface area contributed by atoms with Gasteiger partial charge in [0.2, 0.25) is 0 Å². The van der Waals surface area contributed by atoms with Crippen LogP contribution in [-0.2, 0) is 0 Å². The lowest BCUT2D eigenvalue weighted by Crippen LogP contribution is -2.65. The van der Waals surface area contributed by atoms with Crippen LogP contribution in [0, 0.1) is 12.8 Å². The van der Waals surface area contributed by atoms with Crippen LogP contribution in [0.15, 0.2) is 67.0 Å².